The third-order valence-corrected chi connectivity index (χ3v) is 7.62. The van der Waals surface area contributed by atoms with Crippen molar-refractivity contribution >= 4 is 42.6 Å². The number of carboxylic acids is 1. The van der Waals surface area contributed by atoms with Gasteiger partial charge in [-0.1, -0.05) is 6.07 Å². The van der Waals surface area contributed by atoms with Crippen molar-refractivity contribution in [3.8, 4) is 5.69 Å². The standard InChI is InChI=1S/C28H31F2N9O7.ClH/c1-19(37-10-11-38(26(37)42)21-5-7-22(8-6-21)39-15-31-33-34-39)28(44,23-9-4-20(29)13-24(23)30)14-36-17-35(16-32-36)18-46-27(43)45-12-2-3-25(40)41;/h4-9,13,15-16,19,44H,2-3,10-12,14,17-18H2,1H3,(H,40,41);1H/t19-,28-;/m1./s1. The van der Waals surface area contributed by atoms with Gasteiger partial charge in [0.05, 0.1) is 24.9 Å². The predicted molar refractivity (Wildman–Crippen MR) is 162 cm³/mol. The minimum absolute atomic E-state index is 0. The molecule has 19 heteroatoms. The average Bonchev–Trinajstić information content (AvgIpc) is 3.80. The van der Waals surface area contributed by atoms with Gasteiger partial charge >= 0.3 is 18.2 Å². The van der Waals surface area contributed by atoms with Crippen LogP contribution in [0.2, 0.25) is 0 Å². The number of carboxylic acid groups (broad SMARTS) is 1. The van der Waals surface area contributed by atoms with Crippen LogP contribution in [0.25, 0.3) is 5.69 Å². The molecule has 2 N–H and O–H groups in total. The van der Waals surface area contributed by atoms with Gasteiger partial charge < -0.3 is 29.5 Å². The Bertz CT molecular complexity index is 1580. The molecule has 47 heavy (non-hydrogen) atoms. The number of halogens is 3. The van der Waals surface area contributed by atoms with E-state index < -0.39 is 41.4 Å². The van der Waals surface area contributed by atoms with Crippen LogP contribution in [-0.2, 0) is 19.9 Å². The molecule has 0 bridgehead atoms. The Labute approximate surface area is 273 Å². The Morgan fingerprint density at radius 3 is 2.51 bits per heavy atom. The number of nitrogens with zero attached hydrogens (tertiary/aromatic N) is 9. The van der Waals surface area contributed by atoms with Crippen LogP contribution in [-0.4, -0.2) is 115 Å². The third-order valence-electron chi connectivity index (χ3n) is 7.62. The lowest BCUT2D eigenvalue weighted by atomic mass is 9.85. The number of tetrazole rings is 1. The Morgan fingerprint density at radius 2 is 1.83 bits per heavy atom. The number of hydrogen-bond acceptors (Lipinski definition) is 12. The number of urea groups is 1. The van der Waals surface area contributed by atoms with E-state index in [4.69, 9.17) is 14.6 Å². The molecule has 3 heterocycles. The molecule has 0 radical (unpaired) electrons. The summed E-state index contributed by atoms with van der Waals surface area (Å²) in [5.74, 6) is -2.84. The number of aromatic nitrogens is 4. The second-order valence-electron chi connectivity index (χ2n) is 10.6. The van der Waals surface area contributed by atoms with E-state index >= 15 is 4.39 Å². The van der Waals surface area contributed by atoms with Gasteiger partial charge in [-0.15, -0.1) is 17.5 Å². The van der Waals surface area contributed by atoms with E-state index in [1.807, 2.05) is 0 Å². The lowest BCUT2D eigenvalue weighted by molar-refractivity contribution is -0.137. The Kier molecular flexibility index (Phi) is 11.1. The summed E-state index contributed by atoms with van der Waals surface area (Å²) in [7, 11) is 0. The smallest absolute Gasteiger partial charge is 0.481 e. The summed E-state index contributed by atoms with van der Waals surface area (Å²) < 4.78 is 40.4. The molecular formula is C28H32ClF2N9O7. The molecule has 2 aliphatic heterocycles. The van der Waals surface area contributed by atoms with Crippen molar-refractivity contribution in [2.45, 2.75) is 31.4 Å². The van der Waals surface area contributed by atoms with E-state index in [-0.39, 0.29) is 70.5 Å². The fourth-order valence-corrected chi connectivity index (χ4v) is 5.19. The number of β-amino-alcohol motifs (C(OH)–C–C–N with tert-alkyl or cyclic N) is 1. The van der Waals surface area contributed by atoms with Crippen molar-refractivity contribution < 1.29 is 42.9 Å². The zero-order valence-electron chi connectivity index (χ0n) is 25.1. The SMILES string of the molecule is C[C@@H](N1CCN(c2ccc(-n3cnnn3)cc2)C1=O)[C@](O)(CN1CN(COC(=O)OCCCC(=O)O)C=N1)c1ccc(F)cc1F.Cl. The molecule has 1 saturated heterocycles. The summed E-state index contributed by atoms with van der Waals surface area (Å²) in [6.45, 7) is 1.37. The number of carbonyl (C=O) groups excluding carboxylic acids is 2. The van der Waals surface area contributed by atoms with E-state index in [0.29, 0.717) is 17.4 Å². The number of amides is 2. The monoisotopic (exact) mass is 679 g/mol. The molecule has 2 atom stereocenters. The minimum atomic E-state index is -2.06. The van der Waals surface area contributed by atoms with Gasteiger partial charge in [-0.2, -0.15) is 5.10 Å². The van der Waals surface area contributed by atoms with Crippen LogP contribution < -0.4 is 4.90 Å². The van der Waals surface area contributed by atoms with Gasteiger partial charge in [-0.3, -0.25) is 14.7 Å². The highest BCUT2D eigenvalue weighted by atomic mass is 35.5. The lowest BCUT2D eigenvalue weighted by Crippen LogP contribution is -2.55. The molecule has 1 aromatic heterocycles. The summed E-state index contributed by atoms with van der Waals surface area (Å²) in [5, 5.41) is 37.5. The maximum atomic E-state index is 15.2. The van der Waals surface area contributed by atoms with Gasteiger partial charge in [0, 0.05) is 36.8 Å². The van der Waals surface area contributed by atoms with E-state index in [0.717, 1.165) is 12.1 Å². The number of carbonyl (C=O) groups is 3. The number of hydrazone groups is 1. The summed E-state index contributed by atoms with van der Waals surface area (Å²) in [5.41, 5.74) is -1.02. The molecule has 0 saturated carbocycles. The zero-order valence-corrected chi connectivity index (χ0v) is 25.9. The van der Waals surface area contributed by atoms with Gasteiger partial charge in [0.25, 0.3) is 0 Å². The number of aliphatic hydroxyl groups is 1. The molecule has 0 aliphatic carbocycles. The molecule has 2 amide bonds. The first-order valence-electron chi connectivity index (χ1n) is 14.2. The highest BCUT2D eigenvalue weighted by Crippen LogP contribution is 2.35. The van der Waals surface area contributed by atoms with Gasteiger partial charge in [-0.25, -0.2) is 23.1 Å². The normalized spacial score (nSPS) is 16.2. The van der Waals surface area contributed by atoms with E-state index in [1.165, 1.54) is 37.1 Å². The number of benzene rings is 2. The Morgan fingerprint density at radius 1 is 1.09 bits per heavy atom. The molecular weight excluding hydrogens is 648 g/mol. The van der Waals surface area contributed by atoms with Crippen molar-refractivity contribution in [2.24, 2.45) is 5.10 Å². The second-order valence-corrected chi connectivity index (χ2v) is 10.6. The number of anilines is 1. The van der Waals surface area contributed by atoms with Gasteiger partial charge in [0.15, 0.2) is 6.73 Å². The van der Waals surface area contributed by atoms with Crippen LogP contribution in [0.15, 0.2) is 53.9 Å². The fourth-order valence-electron chi connectivity index (χ4n) is 5.19. The Balaban J connectivity index is 0.00000500. The minimum Gasteiger partial charge on any atom is -0.481 e. The molecule has 0 spiro atoms. The quantitative estimate of drug-likeness (QED) is 0.199. The molecule has 16 nitrogen and oxygen atoms in total. The summed E-state index contributed by atoms with van der Waals surface area (Å²) in [6, 6.07) is 8.34. The van der Waals surface area contributed by atoms with Crippen molar-refractivity contribution in [3.05, 3.63) is 66.0 Å². The predicted octanol–water partition coefficient (Wildman–Crippen LogP) is 2.37. The van der Waals surface area contributed by atoms with Crippen LogP contribution >= 0.6 is 12.4 Å². The van der Waals surface area contributed by atoms with Gasteiger partial charge in [0.1, 0.15) is 36.6 Å². The van der Waals surface area contributed by atoms with Crippen molar-refractivity contribution in [3.63, 3.8) is 0 Å². The third kappa shape index (κ3) is 8.01. The fraction of sp³-hybridized carbons (Fsp3) is 0.393. The molecule has 2 aliphatic rings. The first kappa shape index (κ1) is 34.8. The van der Waals surface area contributed by atoms with Gasteiger partial charge in [0.2, 0.25) is 0 Å². The largest absolute Gasteiger partial charge is 0.510 e. The van der Waals surface area contributed by atoms with Crippen LogP contribution in [0, 0.1) is 11.6 Å². The summed E-state index contributed by atoms with van der Waals surface area (Å²) in [6.07, 6.45) is 1.75. The second kappa shape index (κ2) is 15.0. The van der Waals surface area contributed by atoms with Crippen LogP contribution in [0.5, 0.6) is 0 Å². The first-order chi connectivity index (χ1) is 22.0. The van der Waals surface area contributed by atoms with E-state index in [2.05, 4.69) is 20.6 Å². The molecule has 3 aromatic rings. The molecule has 252 valence electrons. The molecule has 1 fully saturated rings. The van der Waals surface area contributed by atoms with Crippen molar-refractivity contribution in [1.29, 1.82) is 0 Å². The first-order valence-corrected chi connectivity index (χ1v) is 14.2. The molecule has 2 aromatic carbocycles. The topological polar surface area (TPSA) is 179 Å². The van der Waals surface area contributed by atoms with Gasteiger partial charge in [-0.05, 0) is 54.1 Å². The summed E-state index contributed by atoms with van der Waals surface area (Å²) >= 11 is 0. The van der Waals surface area contributed by atoms with Crippen molar-refractivity contribution in [2.75, 3.05) is 44.5 Å². The maximum Gasteiger partial charge on any atom is 0.510 e. The number of rotatable bonds is 13. The average molecular weight is 680 g/mol. The highest BCUT2D eigenvalue weighted by Gasteiger charge is 2.47. The highest BCUT2D eigenvalue weighted by molar-refractivity contribution is 5.94. The molecule has 0 unspecified atom stereocenters. The molecule has 5 rings (SSSR count). The number of ether oxygens (including phenoxy) is 2. The lowest BCUT2D eigenvalue weighted by Gasteiger charge is -2.41. The Hall–Kier alpha value is -5.10. The zero-order chi connectivity index (χ0) is 32.8. The maximum absolute atomic E-state index is 15.2. The van der Waals surface area contributed by atoms with Crippen LogP contribution in [0.4, 0.5) is 24.1 Å². The van der Waals surface area contributed by atoms with Crippen LogP contribution in [0.3, 0.4) is 0 Å². The van der Waals surface area contributed by atoms with E-state index in [9.17, 15) is 23.9 Å². The van der Waals surface area contributed by atoms with E-state index in [1.54, 1.807) is 31.2 Å². The van der Waals surface area contributed by atoms with Crippen LogP contribution in [0.1, 0.15) is 25.3 Å². The summed E-state index contributed by atoms with van der Waals surface area (Å²) in [4.78, 5) is 40.5. The number of aliphatic carboxylic acids is 1. The number of hydrogen-bond donors (Lipinski definition) is 2. The van der Waals surface area contributed by atoms with Crippen molar-refractivity contribution in [1.82, 2.24) is 35.0 Å².